The third kappa shape index (κ3) is 5.43. The molecule has 1 fully saturated rings. The molecule has 0 N–H and O–H groups in total. The van der Waals surface area contributed by atoms with Gasteiger partial charge in [0, 0.05) is 19.5 Å². The molecule has 6 nitrogen and oxygen atoms in total. The van der Waals surface area contributed by atoms with E-state index in [4.69, 9.17) is 9.15 Å². The van der Waals surface area contributed by atoms with Crippen molar-refractivity contribution in [3.05, 3.63) is 88.9 Å². The van der Waals surface area contributed by atoms with Gasteiger partial charge in [-0.15, -0.1) is 0 Å². The van der Waals surface area contributed by atoms with E-state index in [1.165, 1.54) is 11.1 Å². The third-order valence-corrected chi connectivity index (χ3v) is 7.70. The van der Waals surface area contributed by atoms with Crippen LogP contribution >= 0.6 is 0 Å². The number of hydrogen-bond acceptors (Lipinski definition) is 4. The molecule has 5 rings (SSSR count). The molecule has 2 aromatic carbocycles. The number of nitrogens with zero attached hydrogens (tertiary/aromatic N) is 2. The number of rotatable bonds is 7. The van der Waals surface area contributed by atoms with Crippen LogP contribution < -0.4 is 4.74 Å². The predicted octanol–water partition coefficient (Wildman–Crippen LogP) is 5.68. The molecule has 0 radical (unpaired) electrons. The summed E-state index contributed by atoms with van der Waals surface area (Å²) in [6.07, 6.45) is 5.99. The first-order chi connectivity index (χ1) is 17.9. The van der Waals surface area contributed by atoms with Crippen molar-refractivity contribution < 1.29 is 18.7 Å². The molecule has 2 unspecified atom stereocenters. The van der Waals surface area contributed by atoms with Crippen molar-refractivity contribution in [2.45, 2.75) is 64.6 Å². The van der Waals surface area contributed by atoms with Crippen LogP contribution in [0.1, 0.15) is 66.7 Å². The molecule has 6 heteroatoms. The Morgan fingerprint density at radius 2 is 1.92 bits per heavy atom. The summed E-state index contributed by atoms with van der Waals surface area (Å²) in [6.45, 7) is 4.96. The smallest absolute Gasteiger partial charge is 0.263 e. The molecule has 0 saturated heterocycles. The van der Waals surface area contributed by atoms with Crippen molar-refractivity contribution >= 4 is 11.8 Å². The molecular formula is C31H36N2O4. The maximum Gasteiger partial charge on any atom is 0.263 e. The van der Waals surface area contributed by atoms with Gasteiger partial charge in [-0.25, -0.2) is 0 Å². The highest BCUT2D eigenvalue weighted by Crippen LogP contribution is 2.40. The van der Waals surface area contributed by atoms with Gasteiger partial charge in [-0.05, 0) is 74.1 Å². The largest absolute Gasteiger partial charge is 0.481 e. The monoisotopic (exact) mass is 500 g/mol. The molecule has 2 amide bonds. The summed E-state index contributed by atoms with van der Waals surface area (Å²) in [7, 11) is 1.75. The first-order valence-electron chi connectivity index (χ1n) is 13.3. The molecule has 1 aliphatic carbocycles. The van der Waals surface area contributed by atoms with E-state index in [-0.39, 0.29) is 23.8 Å². The summed E-state index contributed by atoms with van der Waals surface area (Å²) < 4.78 is 11.5. The molecule has 1 aliphatic heterocycles. The van der Waals surface area contributed by atoms with Gasteiger partial charge in [-0.3, -0.25) is 9.59 Å². The summed E-state index contributed by atoms with van der Waals surface area (Å²) >= 11 is 0. The Bertz CT molecular complexity index is 1250. The van der Waals surface area contributed by atoms with Crippen LogP contribution in [-0.4, -0.2) is 41.3 Å². The highest BCUT2D eigenvalue weighted by Gasteiger charge is 2.36. The minimum absolute atomic E-state index is 0.121. The van der Waals surface area contributed by atoms with Crippen molar-refractivity contribution in [3.8, 4) is 5.75 Å². The van der Waals surface area contributed by atoms with Crippen molar-refractivity contribution in [2.75, 3.05) is 13.6 Å². The Hall–Kier alpha value is -3.54. The van der Waals surface area contributed by atoms with Crippen LogP contribution in [0.15, 0.2) is 65.3 Å². The van der Waals surface area contributed by atoms with Crippen LogP contribution in [-0.2, 0) is 22.6 Å². The molecular weight excluding hydrogens is 464 g/mol. The number of amides is 2. The van der Waals surface area contributed by atoms with Crippen LogP contribution in [0.4, 0.5) is 0 Å². The van der Waals surface area contributed by atoms with Crippen molar-refractivity contribution in [2.24, 2.45) is 5.92 Å². The van der Waals surface area contributed by atoms with E-state index in [2.05, 4.69) is 42.2 Å². The summed E-state index contributed by atoms with van der Waals surface area (Å²) in [5, 5.41) is 0. The number of likely N-dealkylation sites (N-methyl/N-ethyl adjacent to an activating group) is 1. The topological polar surface area (TPSA) is 63.0 Å². The van der Waals surface area contributed by atoms with E-state index < -0.39 is 6.10 Å². The third-order valence-electron chi connectivity index (χ3n) is 7.70. The van der Waals surface area contributed by atoms with Gasteiger partial charge in [0.15, 0.2) is 6.10 Å². The van der Waals surface area contributed by atoms with Crippen molar-refractivity contribution in [1.29, 1.82) is 0 Å². The van der Waals surface area contributed by atoms with Gasteiger partial charge in [0.05, 0.1) is 18.8 Å². The average Bonchev–Trinajstić information content (AvgIpc) is 3.62. The van der Waals surface area contributed by atoms with Gasteiger partial charge in [-0.2, -0.15) is 0 Å². The average molecular weight is 501 g/mol. The molecule has 2 heterocycles. The molecule has 2 aliphatic rings. The fourth-order valence-electron chi connectivity index (χ4n) is 5.79. The second-order valence-corrected chi connectivity index (χ2v) is 10.5. The van der Waals surface area contributed by atoms with Crippen LogP contribution in [0, 0.1) is 12.8 Å². The van der Waals surface area contributed by atoms with Crippen LogP contribution in [0.5, 0.6) is 5.75 Å². The lowest BCUT2D eigenvalue weighted by Crippen LogP contribution is -2.43. The Labute approximate surface area is 219 Å². The number of benzene rings is 2. The Balaban J connectivity index is 1.41. The van der Waals surface area contributed by atoms with Gasteiger partial charge in [0.1, 0.15) is 11.5 Å². The molecule has 0 spiro atoms. The summed E-state index contributed by atoms with van der Waals surface area (Å²) in [5.74, 6) is 1.63. The predicted molar refractivity (Wildman–Crippen MR) is 142 cm³/mol. The Kier molecular flexibility index (Phi) is 7.36. The lowest BCUT2D eigenvalue weighted by molar-refractivity contribution is -0.137. The number of furan rings is 1. The molecule has 37 heavy (non-hydrogen) atoms. The van der Waals surface area contributed by atoms with E-state index in [1.54, 1.807) is 25.1 Å². The van der Waals surface area contributed by atoms with Crippen LogP contribution in [0.2, 0.25) is 0 Å². The number of carbonyl (C=O) groups is 2. The normalized spacial score (nSPS) is 18.4. The lowest BCUT2D eigenvalue weighted by atomic mass is 9.86. The zero-order chi connectivity index (χ0) is 25.9. The summed E-state index contributed by atoms with van der Waals surface area (Å²) in [5.41, 5.74) is 4.60. The van der Waals surface area contributed by atoms with Gasteiger partial charge in [-0.1, -0.05) is 48.7 Å². The summed E-state index contributed by atoms with van der Waals surface area (Å²) in [6, 6.07) is 18.0. The fraction of sp³-hybridized carbons (Fsp3) is 0.419. The first-order valence-corrected chi connectivity index (χ1v) is 13.3. The van der Waals surface area contributed by atoms with Crippen LogP contribution in [0.3, 0.4) is 0 Å². The summed E-state index contributed by atoms with van der Waals surface area (Å²) in [4.78, 5) is 30.4. The number of fused-ring (bicyclic) bond motifs is 1. The quantitative estimate of drug-likeness (QED) is 0.419. The molecule has 1 aromatic heterocycles. The zero-order valence-corrected chi connectivity index (χ0v) is 22.0. The molecule has 194 valence electrons. The van der Waals surface area contributed by atoms with Crippen molar-refractivity contribution in [3.63, 3.8) is 0 Å². The minimum atomic E-state index is -0.657. The standard InChI is InChI=1S/C31H36N2O4/c1-21-8-6-11-25(18-21)29-28-19-26(37-22(2)30(34)32(3)20-27-12-7-17-36-27)14-13-23(28)15-16-33(29)31(35)24-9-4-5-10-24/h6-8,11-14,17-19,22,24,29H,4-5,9-10,15-16,20H2,1-3H3. The van der Waals surface area contributed by atoms with Gasteiger partial charge in [0.2, 0.25) is 5.91 Å². The second-order valence-electron chi connectivity index (χ2n) is 10.5. The number of hydrogen-bond donors (Lipinski definition) is 0. The van der Waals surface area contributed by atoms with E-state index in [0.717, 1.165) is 49.0 Å². The second kappa shape index (κ2) is 10.8. The molecule has 2 atom stereocenters. The zero-order valence-electron chi connectivity index (χ0n) is 22.0. The van der Waals surface area contributed by atoms with Gasteiger partial charge in [0.25, 0.3) is 5.91 Å². The first kappa shape index (κ1) is 25.1. The SMILES string of the molecule is Cc1cccc(C2c3cc(OC(C)C(=O)N(C)Cc4ccco4)ccc3CCN2C(=O)C2CCCC2)c1. The lowest BCUT2D eigenvalue weighted by Gasteiger charge is -2.39. The Morgan fingerprint density at radius 3 is 2.65 bits per heavy atom. The molecule has 3 aromatic rings. The highest BCUT2D eigenvalue weighted by atomic mass is 16.5. The van der Waals surface area contributed by atoms with Gasteiger partial charge < -0.3 is 19.0 Å². The molecule has 1 saturated carbocycles. The van der Waals surface area contributed by atoms with E-state index in [0.29, 0.717) is 18.8 Å². The minimum Gasteiger partial charge on any atom is -0.481 e. The maximum atomic E-state index is 13.7. The fourth-order valence-corrected chi connectivity index (χ4v) is 5.79. The number of ether oxygens (including phenoxy) is 1. The van der Waals surface area contributed by atoms with Crippen molar-refractivity contribution in [1.82, 2.24) is 9.80 Å². The van der Waals surface area contributed by atoms with E-state index in [9.17, 15) is 9.59 Å². The van der Waals surface area contributed by atoms with E-state index >= 15 is 0 Å². The molecule has 0 bridgehead atoms. The number of carbonyl (C=O) groups excluding carboxylic acids is 2. The van der Waals surface area contributed by atoms with Crippen LogP contribution in [0.25, 0.3) is 0 Å². The number of aryl methyl sites for hydroxylation is 1. The maximum absolute atomic E-state index is 13.7. The van der Waals surface area contributed by atoms with Gasteiger partial charge >= 0.3 is 0 Å². The Morgan fingerprint density at radius 1 is 1.11 bits per heavy atom. The highest BCUT2D eigenvalue weighted by molar-refractivity contribution is 5.81. The van der Waals surface area contributed by atoms with E-state index in [1.807, 2.05) is 24.3 Å².